The smallest absolute Gasteiger partial charge is 0.387 e. The maximum atomic E-state index is 13.2. The van der Waals surface area contributed by atoms with Gasteiger partial charge in [-0.2, -0.15) is 18.1 Å². The van der Waals surface area contributed by atoms with Crippen LogP contribution >= 0.6 is 0 Å². The molecular weight excluding hydrogens is 520 g/mol. The van der Waals surface area contributed by atoms with Gasteiger partial charge in [-0.15, -0.1) is 0 Å². The van der Waals surface area contributed by atoms with Gasteiger partial charge in [0.05, 0.1) is 16.5 Å². The van der Waals surface area contributed by atoms with Gasteiger partial charge in [0.25, 0.3) is 5.56 Å². The predicted molar refractivity (Wildman–Crippen MR) is 136 cm³/mol. The molecule has 2 N–H and O–H groups in total. The number of aromatic nitrogens is 3. The van der Waals surface area contributed by atoms with Crippen molar-refractivity contribution in [3.05, 3.63) is 52.9 Å². The van der Waals surface area contributed by atoms with E-state index in [9.17, 15) is 27.1 Å². The molecule has 0 amide bonds. The third-order valence-electron chi connectivity index (χ3n) is 7.31. The standard InChI is InChI=1S/C25H29F2N5O5S/c1-25(34)11-5-8-20(25)32-21-16(14-19(22(32)33)37-23(26)27)15-28-24(30-21)29-17-9-12-31(13-10-17)38(35,36)18-6-3-2-4-7-18/h2-4,6-7,14-15,17,20,23,34H,5,8-13H2,1H3,(H,28,29,30)/t20-,25-/m1/s1. The minimum Gasteiger partial charge on any atom is -0.429 e. The largest absolute Gasteiger partial charge is 0.429 e. The molecule has 13 heteroatoms. The van der Waals surface area contributed by atoms with Crippen molar-refractivity contribution in [3.8, 4) is 5.75 Å². The summed E-state index contributed by atoms with van der Waals surface area (Å²) in [5, 5.41) is 14.4. The second-order valence-electron chi connectivity index (χ2n) is 9.94. The van der Waals surface area contributed by atoms with Gasteiger partial charge in [0, 0.05) is 30.7 Å². The van der Waals surface area contributed by atoms with E-state index in [1.807, 2.05) is 0 Å². The Labute approximate surface area is 218 Å². The highest BCUT2D eigenvalue weighted by Gasteiger charge is 2.40. The summed E-state index contributed by atoms with van der Waals surface area (Å²) in [6, 6.07) is 8.66. The van der Waals surface area contributed by atoms with Gasteiger partial charge < -0.3 is 15.2 Å². The van der Waals surface area contributed by atoms with Crippen molar-refractivity contribution in [2.75, 3.05) is 18.4 Å². The minimum atomic E-state index is -3.58. The molecule has 3 heterocycles. The fourth-order valence-corrected chi connectivity index (χ4v) is 6.83. The molecule has 0 bridgehead atoms. The minimum absolute atomic E-state index is 0.120. The summed E-state index contributed by atoms with van der Waals surface area (Å²) >= 11 is 0. The monoisotopic (exact) mass is 549 g/mol. The van der Waals surface area contributed by atoms with Crippen LogP contribution in [0.2, 0.25) is 0 Å². The fraction of sp³-hybridized carbons (Fsp3) is 0.480. The number of pyridine rings is 1. The van der Waals surface area contributed by atoms with Crippen LogP contribution < -0.4 is 15.6 Å². The second-order valence-corrected chi connectivity index (χ2v) is 11.9. The van der Waals surface area contributed by atoms with Crippen LogP contribution in [0.25, 0.3) is 11.0 Å². The van der Waals surface area contributed by atoms with E-state index in [0.717, 1.165) is 0 Å². The van der Waals surface area contributed by atoms with Gasteiger partial charge in [-0.05, 0) is 57.2 Å². The molecule has 0 unspecified atom stereocenters. The molecule has 1 aliphatic heterocycles. The highest BCUT2D eigenvalue weighted by molar-refractivity contribution is 7.89. The first kappa shape index (κ1) is 26.4. The number of anilines is 1. The zero-order valence-electron chi connectivity index (χ0n) is 20.8. The van der Waals surface area contributed by atoms with E-state index in [1.165, 1.54) is 21.1 Å². The molecule has 2 atom stereocenters. The van der Waals surface area contributed by atoms with Gasteiger partial charge in [0.15, 0.2) is 5.75 Å². The fourth-order valence-electron chi connectivity index (χ4n) is 5.34. The predicted octanol–water partition coefficient (Wildman–Crippen LogP) is 3.13. The van der Waals surface area contributed by atoms with Gasteiger partial charge in [0.1, 0.15) is 5.65 Å². The summed E-state index contributed by atoms with van der Waals surface area (Å²) in [6.45, 7) is -0.948. The van der Waals surface area contributed by atoms with E-state index in [-0.39, 0.29) is 22.5 Å². The first-order valence-corrected chi connectivity index (χ1v) is 13.9. The molecule has 5 rings (SSSR count). The molecule has 1 aliphatic carbocycles. The Morgan fingerprint density at radius 3 is 2.53 bits per heavy atom. The Hall–Kier alpha value is -3.16. The number of piperidine rings is 1. The van der Waals surface area contributed by atoms with E-state index in [2.05, 4.69) is 20.0 Å². The molecule has 2 aliphatic rings. The molecule has 1 aromatic carbocycles. The van der Waals surface area contributed by atoms with Crippen molar-refractivity contribution in [2.24, 2.45) is 0 Å². The number of rotatable bonds is 7. The summed E-state index contributed by atoms with van der Waals surface area (Å²) in [5.41, 5.74) is -1.82. The van der Waals surface area contributed by atoms with Crippen LogP contribution in [-0.2, 0) is 10.0 Å². The first-order chi connectivity index (χ1) is 18.1. The highest BCUT2D eigenvalue weighted by Crippen LogP contribution is 2.40. The maximum Gasteiger partial charge on any atom is 0.387 e. The number of hydrogen-bond donors (Lipinski definition) is 2. The lowest BCUT2D eigenvalue weighted by molar-refractivity contribution is -0.0513. The van der Waals surface area contributed by atoms with E-state index >= 15 is 0 Å². The van der Waals surface area contributed by atoms with Crippen molar-refractivity contribution < 1.29 is 27.0 Å². The van der Waals surface area contributed by atoms with E-state index in [1.54, 1.807) is 37.3 Å². The Morgan fingerprint density at radius 2 is 1.89 bits per heavy atom. The number of benzene rings is 1. The molecule has 3 aromatic rings. The Morgan fingerprint density at radius 1 is 1.18 bits per heavy atom. The average Bonchev–Trinajstić information content (AvgIpc) is 3.23. The molecule has 0 radical (unpaired) electrons. The molecular formula is C25H29F2N5O5S. The van der Waals surface area contributed by atoms with Crippen LogP contribution in [-0.4, -0.2) is 63.7 Å². The topological polar surface area (TPSA) is 127 Å². The van der Waals surface area contributed by atoms with Gasteiger partial charge in [0.2, 0.25) is 16.0 Å². The molecule has 1 saturated carbocycles. The molecule has 1 saturated heterocycles. The second kappa shape index (κ2) is 10.2. The number of aliphatic hydroxyl groups is 1. The van der Waals surface area contributed by atoms with E-state index in [0.29, 0.717) is 50.6 Å². The zero-order valence-corrected chi connectivity index (χ0v) is 21.6. The van der Waals surface area contributed by atoms with Crippen LogP contribution in [0, 0.1) is 0 Å². The van der Waals surface area contributed by atoms with Crippen LogP contribution in [0.4, 0.5) is 14.7 Å². The number of nitrogens with zero attached hydrogens (tertiary/aromatic N) is 4. The maximum absolute atomic E-state index is 13.2. The van der Waals surface area contributed by atoms with Crippen LogP contribution in [0.15, 0.2) is 52.3 Å². The lowest BCUT2D eigenvalue weighted by Crippen LogP contribution is -2.42. The third kappa shape index (κ3) is 5.09. The van der Waals surface area contributed by atoms with E-state index in [4.69, 9.17) is 0 Å². The Balaban J connectivity index is 1.40. The molecule has 204 valence electrons. The number of fused-ring (bicyclic) bond motifs is 1. The van der Waals surface area contributed by atoms with Crippen molar-refractivity contribution in [1.29, 1.82) is 0 Å². The Kier molecular flexibility index (Phi) is 7.09. The molecule has 10 nitrogen and oxygen atoms in total. The zero-order chi connectivity index (χ0) is 27.1. The normalized spacial score (nSPS) is 23.2. The quantitative estimate of drug-likeness (QED) is 0.460. The van der Waals surface area contributed by atoms with Gasteiger partial charge >= 0.3 is 6.61 Å². The van der Waals surface area contributed by atoms with Gasteiger partial charge in [-0.1, -0.05) is 18.2 Å². The summed E-state index contributed by atoms with van der Waals surface area (Å²) in [7, 11) is -3.58. The molecule has 38 heavy (non-hydrogen) atoms. The lowest BCUT2D eigenvalue weighted by Gasteiger charge is -2.32. The number of sulfonamides is 1. The number of alkyl halides is 2. The number of hydrogen-bond acceptors (Lipinski definition) is 8. The van der Waals surface area contributed by atoms with Gasteiger partial charge in [-0.25, -0.2) is 13.4 Å². The summed E-state index contributed by atoms with van der Waals surface area (Å²) in [6.07, 6.45) is 4.02. The van der Waals surface area contributed by atoms with E-state index < -0.39 is 39.6 Å². The average molecular weight is 550 g/mol. The van der Waals surface area contributed by atoms with Crippen molar-refractivity contribution >= 4 is 27.0 Å². The van der Waals surface area contributed by atoms with Crippen LogP contribution in [0.3, 0.4) is 0 Å². The van der Waals surface area contributed by atoms with Gasteiger partial charge in [-0.3, -0.25) is 9.36 Å². The summed E-state index contributed by atoms with van der Waals surface area (Å²) in [4.78, 5) is 22.3. The van der Waals surface area contributed by atoms with Crippen molar-refractivity contribution in [1.82, 2.24) is 18.8 Å². The van der Waals surface area contributed by atoms with Crippen LogP contribution in [0.5, 0.6) is 5.75 Å². The first-order valence-electron chi connectivity index (χ1n) is 12.5. The molecule has 2 aromatic heterocycles. The summed E-state index contributed by atoms with van der Waals surface area (Å²) in [5.74, 6) is -0.318. The molecule has 2 fully saturated rings. The van der Waals surface area contributed by atoms with Crippen molar-refractivity contribution in [3.63, 3.8) is 0 Å². The Bertz CT molecular complexity index is 1470. The molecule has 0 spiro atoms. The number of ether oxygens (including phenoxy) is 1. The highest BCUT2D eigenvalue weighted by atomic mass is 32.2. The number of halogens is 2. The lowest BCUT2D eigenvalue weighted by atomic mass is 10.00. The SMILES string of the molecule is C[C@@]1(O)CCC[C@H]1n1c(=O)c(OC(F)F)cc2cnc(NC3CCN(S(=O)(=O)c4ccccc4)CC3)nc21. The summed E-state index contributed by atoms with van der Waals surface area (Å²) < 4.78 is 58.9. The van der Waals surface area contributed by atoms with Crippen molar-refractivity contribution in [2.45, 2.75) is 68.2 Å². The third-order valence-corrected chi connectivity index (χ3v) is 9.23. The number of nitrogens with one attached hydrogen (secondary N) is 1. The van der Waals surface area contributed by atoms with Crippen LogP contribution in [0.1, 0.15) is 45.1 Å².